The van der Waals surface area contributed by atoms with E-state index < -0.39 is 10.0 Å². The van der Waals surface area contributed by atoms with Crippen LogP contribution in [-0.2, 0) is 29.3 Å². The molecule has 1 aliphatic rings. The fourth-order valence-electron chi connectivity index (χ4n) is 2.64. The number of fused-ring (bicyclic) bond motifs is 1. The van der Waals surface area contributed by atoms with Crippen molar-refractivity contribution < 1.29 is 12.8 Å². The zero-order valence-corrected chi connectivity index (χ0v) is 12.7. The maximum absolute atomic E-state index is 12.3. The van der Waals surface area contributed by atoms with Crippen LogP contribution in [0.4, 0.5) is 0 Å². The number of hydrogen-bond donors (Lipinski definition) is 1. The quantitative estimate of drug-likeness (QED) is 0.917. The van der Waals surface area contributed by atoms with Gasteiger partial charge in [0.1, 0.15) is 6.26 Å². The molecule has 3 rings (SSSR count). The highest BCUT2D eigenvalue weighted by Crippen LogP contribution is 2.24. The van der Waals surface area contributed by atoms with Gasteiger partial charge >= 0.3 is 0 Å². The smallest absolute Gasteiger partial charge is 0.240 e. The Morgan fingerprint density at radius 2 is 2.10 bits per heavy atom. The van der Waals surface area contributed by atoms with E-state index in [4.69, 9.17) is 4.42 Å². The third-order valence-corrected chi connectivity index (χ3v) is 5.18. The molecule has 0 atom stereocenters. The summed E-state index contributed by atoms with van der Waals surface area (Å²) in [5.74, 6) is 0.589. The first-order valence-electron chi connectivity index (χ1n) is 7.07. The van der Waals surface area contributed by atoms with E-state index in [2.05, 4.69) is 9.71 Å². The van der Waals surface area contributed by atoms with Gasteiger partial charge in [0, 0.05) is 19.9 Å². The molecular formula is C15H18N2O3S. The van der Waals surface area contributed by atoms with Gasteiger partial charge < -0.3 is 4.42 Å². The van der Waals surface area contributed by atoms with Gasteiger partial charge in [-0.15, -0.1) is 0 Å². The predicted molar refractivity (Wildman–Crippen MR) is 78.6 cm³/mol. The van der Waals surface area contributed by atoms with Crippen LogP contribution < -0.4 is 4.72 Å². The van der Waals surface area contributed by atoms with Crippen LogP contribution in [0.5, 0.6) is 0 Å². The van der Waals surface area contributed by atoms with Crippen LogP contribution in [0.2, 0.25) is 0 Å². The van der Waals surface area contributed by atoms with Gasteiger partial charge in [-0.2, -0.15) is 0 Å². The number of nitrogens with zero attached hydrogens (tertiary/aromatic N) is 1. The van der Waals surface area contributed by atoms with Crippen LogP contribution in [0.3, 0.4) is 0 Å². The SMILES string of the molecule is Cc1nc(CCNS(=O)(=O)c2ccc3c(c2)CCC3)co1. The molecule has 5 nitrogen and oxygen atoms in total. The summed E-state index contributed by atoms with van der Waals surface area (Å²) < 4.78 is 32.3. The summed E-state index contributed by atoms with van der Waals surface area (Å²) in [5, 5.41) is 0. The van der Waals surface area contributed by atoms with E-state index in [0.717, 1.165) is 30.5 Å². The van der Waals surface area contributed by atoms with Gasteiger partial charge in [0.25, 0.3) is 0 Å². The van der Waals surface area contributed by atoms with E-state index in [1.54, 1.807) is 25.3 Å². The second-order valence-electron chi connectivity index (χ2n) is 5.29. The van der Waals surface area contributed by atoms with Crippen molar-refractivity contribution in [1.29, 1.82) is 0 Å². The largest absolute Gasteiger partial charge is 0.449 e. The van der Waals surface area contributed by atoms with Crippen molar-refractivity contribution in [3.05, 3.63) is 47.2 Å². The van der Waals surface area contributed by atoms with Gasteiger partial charge in [-0.05, 0) is 42.5 Å². The van der Waals surface area contributed by atoms with E-state index >= 15 is 0 Å². The summed E-state index contributed by atoms with van der Waals surface area (Å²) in [4.78, 5) is 4.50. The Hall–Kier alpha value is -1.66. The third-order valence-electron chi connectivity index (χ3n) is 3.72. The lowest BCUT2D eigenvalue weighted by Crippen LogP contribution is -2.26. The highest BCUT2D eigenvalue weighted by Gasteiger charge is 2.18. The molecule has 0 radical (unpaired) electrons. The molecule has 0 saturated heterocycles. The first-order valence-corrected chi connectivity index (χ1v) is 8.55. The molecule has 0 bridgehead atoms. The van der Waals surface area contributed by atoms with Crippen molar-refractivity contribution in [3.8, 4) is 0 Å². The highest BCUT2D eigenvalue weighted by molar-refractivity contribution is 7.89. The van der Waals surface area contributed by atoms with Crippen molar-refractivity contribution in [2.24, 2.45) is 0 Å². The molecular weight excluding hydrogens is 288 g/mol. The molecule has 0 spiro atoms. The van der Waals surface area contributed by atoms with Crippen molar-refractivity contribution >= 4 is 10.0 Å². The topological polar surface area (TPSA) is 72.2 Å². The molecule has 0 unspecified atom stereocenters. The Kier molecular flexibility index (Phi) is 3.82. The van der Waals surface area contributed by atoms with E-state index in [1.165, 1.54) is 5.56 Å². The maximum atomic E-state index is 12.3. The summed E-state index contributed by atoms with van der Waals surface area (Å²) in [6, 6.07) is 5.41. The van der Waals surface area contributed by atoms with E-state index in [9.17, 15) is 8.42 Å². The van der Waals surface area contributed by atoms with Crippen molar-refractivity contribution in [2.45, 2.75) is 37.5 Å². The normalized spacial score (nSPS) is 14.3. The number of nitrogens with one attached hydrogen (secondary N) is 1. The van der Waals surface area contributed by atoms with Gasteiger partial charge in [0.05, 0.1) is 10.6 Å². The standard InChI is InChI=1S/C15H18N2O3S/c1-11-17-14(10-20-11)7-8-16-21(18,19)15-6-5-12-3-2-4-13(12)9-15/h5-6,9-10,16H,2-4,7-8H2,1H3. The second kappa shape index (κ2) is 5.61. The molecule has 21 heavy (non-hydrogen) atoms. The van der Waals surface area contributed by atoms with Crippen molar-refractivity contribution in [1.82, 2.24) is 9.71 Å². The summed E-state index contributed by atoms with van der Waals surface area (Å²) in [6.45, 7) is 2.07. The Bertz CT molecular complexity index is 750. The zero-order chi connectivity index (χ0) is 14.9. The summed E-state index contributed by atoms with van der Waals surface area (Å²) in [5.41, 5.74) is 3.18. The molecule has 0 amide bonds. The summed E-state index contributed by atoms with van der Waals surface area (Å²) in [6.07, 6.45) is 5.20. The highest BCUT2D eigenvalue weighted by atomic mass is 32.2. The minimum absolute atomic E-state index is 0.311. The van der Waals surface area contributed by atoms with Crippen LogP contribution >= 0.6 is 0 Å². The molecule has 0 saturated carbocycles. The number of aromatic nitrogens is 1. The molecule has 1 N–H and O–H groups in total. The molecule has 1 aromatic heterocycles. The zero-order valence-electron chi connectivity index (χ0n) is 11.9. The van der Waals surface area contributed by atoms with Gasteiger partial charge in [-0.3, -0.25) is 0 Å². The molecule has 0 aliphatic heterocycles. The van der Waals surface area contributed by atoms with Gasteiger partial charge in [-0.1, -0.05) is 6.07 Å². The van der Waals surface area contributed by atoms with E-state index in [1.807, 2.05) is 6.07 Å². The average Bonchev–Trinajstić information content (AvgIpc) is 3.06. The first kappa shape index (κ1) is 14.3. The number of rotatable bonds is 5. The molecule has 1 aliphatic carbocycles. The van der Waals surface area contributed by atoms with E-state index in [-0.39, 0.29) is 0 Å². The van der Waals surface area contributed by atoms with Crippen molar-refractivity contribution in [2.75, 3.05) is 6.54 Å². The molecule has 2 aromatic rings. The number of aryl methyl sites for hydroxylation is 3. The Balaban J connectivity index is 1.66. The average molecular weight is 306 g/mol. The molecule has 1 aromatic carbocycles. The minimum Gasteiger partial charge on any atom is -0.449 e. The molecule has 112 valence electrons. The fraction of sp³-hybridized carbons (Fsp3) is 0.400. The molecule has 1 heterocycles. The Morgan fingerprint density at radius 1 is 1.29 bits per heavy atom. The van der Waals surface area contributed by atoms with Crippen LogP contribution in [-0.4, -0.2) is 19.9 Å². The van der Waals surface area contributed by atoms with Crippen LogP contribution in [0.25, 0.3) is 0 Å². The number of oxazole rings is 1. The molecule has 6 heteroatoms. The monoisotopic (exact) mass is 306 g/mol. The van der Waals surface area contributed by atoms with Gasteiger partial charge in [-0.25, -0.2) is 18.1 Å². The maximum Gasteiger partial charge on any atom is 0.240 e. The van der Waals surface area contributed by atoms with Crippen LogP contribution in [0.1, 0.15) is 29.1 Å². The lowest BCUT2D eigenvalue weighted by molar-refractivity contribution is 0.520. The predicted octanol–water partition coefficient (Wildman–Crippen LogP) is 1.99. The number of benzene rings is 1. The van der Waals surface area contributed by atoms with Crippen LogP contribution in [0, 0.1) is 6.92 Å². The van der Waals surface area contributed by atoms with Gasteiger partial charge in [0.2, 0.25) is 10.0 Å². The lowest BCUT2D eigenvalue weighted by Gasteiger charge is -2.08. The lowest BCUT2D eigenvalue weighted by atomic mass is 10.1. The third kappa shape index (κ3) is 3.16. The fourth-order valence-corrected chi connectivity index (χ4v) is 3.72. The summed E-state index contributed by atoms with van der Waals surface area (Å²) in [7, 11) is -3.45. The number of hydrogen-bond acceptors (Lipinski definition) is 4. The van der Waals surface area contributed by atoms with Crippen molar-refractivity contribution in [3.63, 3.8) is 0 Å². The first-order chi connectivity index (χ1) is 10.0. The minimum atomic E-state index is -3.45. The Labute approximate surface area is 124 Å². The van der Waals surface area contributed by atoms with Crippen LogP contribution in [0.15, 0.2) is 33.8 Å². The van der Waals surface area contributed by atoms with E-state index in [0.29, 0.717) is 23.8 Å². The van der Waals surface area contributed by atoms with Gasteiger partial charge in [0.15, 0.2) is 5.89 Å². The molecule has 0 fully saturated rings. The summed E-state index contributed by atoms with van der Waals surface area (Å²) >= 11 is 0. The number of sulfonamides is 1. The Morgan fingerprint density at radius 3 is 2.86 bits per heavy atom. The second-order valence-corrected chi connectivity index (χ2v) is 7.06.